The molecule has 1 unspecified atom stereocenters. The Morgan fingerprint density at radius 2 is 1.77 bits per heavy atom. The van der Waals surface area contributed by atoms with Gasteiger partial charge in [0.05, 0.1) is 6.04 Å². The average Bonchev–Trinajstić information content (AvgIpc) is 2.93. The smallest absolute Gasteiger partial charge is 0.410 e. The summed E-state index contributed by atoms with van der Waals surface area (Å²) < 4.78 is 5.78. The number of amides is 1. The maximum atomic E-state index is 12.6. The highest BCUT2D eigenvalue weighted by Crippen LogP contribution is 2.24. The summed E-state index contributed by atoms with van der Waals surface area (Å²) in [5.41, 5.74) is 0. The lowest BCUT2D eigenvalue weighted by molar-refractivity contribution is 0.0491. The lowest BCUT2D eigenvalue weighted by atomic mass is 10.1. The summed E-state index contributed by atoms with van der Waals surface area (Å²) in [5, 5.41) is 0. The third kappa shape index (κ3) is 4.54. The second-order valence-corrected chi connectivity index (χ2v) is 8.08. The Hall–Kier alpha value is -0.420. The van der Waals surface area contributed by atoms with E-state index in [9.17, 15) is 4.79 Å². The van der Waals surface area contributed by atoms with E-state index in [2.05, 4.69) is 4.90 Å². The summed E-state index contributed by atoms with van der Waals surface area (Å²) in [6.45, 7) is 4.31. The third-order valence-electron chi connectivity index (χ3n) is 5.16. The van der Waals surface area contributed by atoms with E-state index < -0.39 is 0 Å². The van der Waals surface area contributed by atoms with Crippen LogP contribution >= 0.6 is 11.8 Å². The van der Waals surface area contributed by atoms with E-state index >= 15 is 0 Å². The first-order valence-electron chi connectivity index (χ1n) is 9.10. The summed E-state index contributed by atoms with van der Waals surface area (Å²) in [6, 6.07) is 0.333. The Morgan fingerprint density at radius 1 is 1.00 bits per heavy atom. The number of nitrogens with zero attached hydrogens (tertiary/aromatic N) is 2. The van der Waals surface area contributed by atoms with Gasteiger partial charge in [0.25, 0.3) is 0 Å². The minimum absolute atomic E-state index is 0.0450. The van der Waals surface area contributed by atoms with Crippen LogP contribution in [0.3, 0.4) is 0 Å². The molecule has 126 valence electrons. The Bertz CT molecular complexity index is 355. The quantitative estimate of drug-likeness (QED) is 0.796. The number of rotatable bonds is 3. The molecule has 2 saturated heterocycles. The number of ether oxygens (including phenoxy) is 1. The monoisotopic (exact) mass is 326 g/mol. The van der Waals surface area contributed by atoms with Crippen LogP contribution in [0.1, 0.15) is 51.4 Å². The van der Waals surface area contributed by atoms with Crippen LogP contribution in [0, 0.1) is 0 Å². The van der Waals surface area contributed by atoms with Crippen molar-refractivity contribution in [1.82, 2.24) is 9.80 Å². The van der Waals surface area contributed by atoms with E-state index in [0.29, 0.717) is 6.04 Å². The van der Waals surface area contributed by atoms with Crippen molar-refractivity contribution >= 4 is 17.9 Å². The Morgan fingerprint density at radius 3 is 2.55 bits per heavy atom. The molecule has 3 fully saturated rings. The molecule has 1 aliphatic carbocycles. The number of thioether (sulfide) groups is 1. The normalized spacial score (nSPS) is 28.5. The SMILES string of the molecule is O=C(OC1CCCC1)N1CCCSCC1CN1CCCCC1. The van der Waals surface area contributed by atoms with Crippen LogP contribution in [0.4, 0.5) is 4.79 Å². The van der Waals surface area contributed by atoms with Gasteiger partial charge in [0.1, 0.15) is 6.10 Å². The molecule has 1 amide bonds. The molecular weight excluding hydrogens is 296 g/mol. The van der Waals surface area contributed by atoms with E-state index in [-0.39, 0.29) is 12.2 Å². The number of likely N-dealkylation sites (tertiary alicyclic amines) is 1. The highest BCUT2D eigenvalue weighted by molar-refractivity contribution is 7.99. The van der Waals surface area contributed by atoms with Crippen LogP contribution in [0.2, 0.25) is 0 Å². The molecule has 0 aromatic carbocycles. The Labute approximate surface area is 138 Å². The number of carbonyl (C=O) groups excluding carboxylic acids is 1. The zero-order valence-electron chi connectivity index (χ0n) is 13.7. The first-order chi connectivity index (χ1) is 10.8. The van der Waals surface area contributed by atoms with Gasteiger partial charge < -0.3 is 14.5 Å². The van der Waals surface area contributed by atoms with E-state index in [1.54, 1.807) is 0 Å². The van der Waals surface area contributed by atoms with Crippen molar-refractivity contribution in [2.45, 2.75) is 63.5 Å². The van der Waals surface area contributed by atoms with E-state index in [0.717, 1.165) is 38.1 Å². The molecule has 22 heavy (non-hydrogen) atoms. The van der Waals surface area contributed by atoms with Crippen molar-refractivity contribution < 1.29 is 9.53 Å². The minimum atomic E-state index is -0.0450. The molecule has 0 aromatic rings. The molecule has 0 bridgehead atoms. The van der Waals surface area contributed by atoms with Gasteiger partial charge >= 0.3 is 6.09 Å². The summed E-state index contributed by atoms with van der Waals surface area (Å²) in [6.07, 6.45) is 9.77. The fourth-order valence-electron chi connectivity index (χ4n) is 3.88. The fourth-order valence-corrected chi connectivity index (χ4v) is 4.93. The molecule has 0 aromatic heterocycles. The summed E-state index contributed by atoms with van der Waals surface area (Å²) in [7, 11) is 0. The van der Waals surface area contributed by atoms with Crippen molar-refractivity contribution in [2.75, 3.05) is 37.7 Å². The molecule has 2 heterocycles. The lowest BCUT2D eigenvalue weighted by Crippen LogP contribution is -2.49. The van der Waals surface area contributed by atoms with Gasteiger partial charge in [-0.15, -0.1) is 0 Å². The van der Waals surface area contributed by atoms with Crippen LogP contribution in [-0.4, -0.2) is 65.7 Å². The minimum Gasteiger partial charge on any atom is -0.446 e. The largest absolute Gasteiger partial charge is 0.446 e. The van der Waals surface area contributed by atoms with Crippen LogP contribution in [0.15, 0.2) is 0 Å². The Balaban J connectivity index is 1.57. The number of carbonyl (C=O) groups is 1. The van der Waals surface area contributed by atoms with Gasteiger partial charge in [0.2, 0.25) is 0 Å². The predicted molar refractivity (Wildman–Crippen MR) is 91.5 cm³/mol. The number of piperidine rings is 1. The van der Waals surface area contributed by atoms with Gasteiger partial charge in [0, 0.05) is 18.8 Å². The zero-order valence-corrected chi connectivity index (χ0v) is 14.5. The second kappa shape index (κ2) is 8.44. The van der Waals surface area contributed by atoms with Crippen molar-refractivity contribution in [1.29, 1.82) is 0 Å². The van der Waals surface area contributed by atoms with Crippen LogP contribution in [0.25, 0.3) is 0 Å². The zero-order chi connectivity index (χ0) is 15.2. The molecule has 2 aliphatic heterocycles. The first-order valence-corrected chi connectivity index (χ1v) is 10.3. The molecule has 0 spiro atoms. The van der Waals surface area contributed by atoms with Crippen molar-refractivity contribution in [2.24, 2.45) is 0 Å². The highest BCUT2D eigenvalue weighted by atomic mass is 32.2. The maximum absolute atomic E-state index is 12.6. The maximum Gasteiger partial charge on any atom is 0.410 e. The van der Waals surface area contributed by atoms with Gasteiger partial charge in [-0.1, -0.05) is 6.42 Å². The number of hydrogen-bond donors (Lipinski definition) is 0. The Kier molecular flexibility index (Phi) is 6.30. The molecule has 0 N–H and O–H groups in total. The molecule has 0 radical (unpaired) electrons. The van der Waals surface area contributed by atoms with Crippen LogP contribution in [-0.2, 0) is 4.74 Å². The fraction of sp³-hybridized carbons (Fsp3) is 0.941. The van der Waals surface area contributed by atoms with E-state index in [1.165, 1.54) is 50.9 Å². The molecule has 3 rings (SSSR count). The van der Waals surface area contributed by atoms with E-state index in [1.807, 2.05) is 16.7 Å². The summed E-state index contributed by atoms with van der Waals surface area (Å²) in [5.74, 6) is 2.24. The first kappa shape index (κ1) is 16.4. The topological polar surface area (TPSA) is 32.8 Å². The highest BCUT2D eigenvalue weighted by Gasteiger charge is 2.31. The third-order valence-corrected chi connectivity index (χ3v) is 6.36. The van der Waals surface area contributed by atoms with Crippen LogP contribution < -0.4 is 0 Å². The van der Waals surface area contributed by atoms with Crippen molar-refractivity contribution in [3.8, 4) is 0 Å². The van der Waals surface area contributed by atoms with Crippen LogP contribution in [0.5, 0.6) is 0 Å². The van der Waals surface area contributed by atoms with Crippen molar-refractivity contribution in [3.63, 3.8) is 0 Å². The predicted octanol–water partition coefficient (Wildman–Crippen LogP) is 3.36. The van der Waals surface area contributed by atoms with Crippen molar-refractivity contribution in [3.05, 3.63) is 0 Å². The standard InChI is InChI=1S/C17H30N2O2S/c20-17(21-16-7-2-3-8-16)19-11-6-12-22-14-15(19)13-18-9-4-1-5-10-18/h15-16H,1-14H2. The molecule has 1 saturated carbocycles. The van der Waals surface area contributed by atoms with Gasteiger partial charge in [-0.3, -0.25) is 0 Å². The molecule has 1 atom stereocenters. The lowest BCUT2D eigenvalue weighted by Gasteiger charge is -2.35. The number of hydrogen-bond acceptors (Lipinski definition) is 4. The molecular formula is C17H30N2O2S. The molecule has 5 heteroatoms. The van der Waals surface area contributed by atoms with Gasteiger partial charge in [-0.05, 0) is 63.8 Å². The molecule has 3 aliphatic rings. The summed E-state index contributed by atoms with van der Waals surface area (Å²) in [4.78, 5) is 17.2. The van der Waals surface area contributed by atoms with Gasteiger partial charge in [0.15, 0.2) is 0 Å². The second-order valence-electron chi connectivity index (χ2n) is 6.93. The van der Waals surface area contributed by atoms with Gasteiger partial charge in [-0.2, -0.15) is 11.8 Å². The average molecular weight is 327 g/mol. The molecule has 4 nitrogen and oxygen atoms in total. The van der Waals surface area contributed by atoms with E-state index in [4.69, 9.17) is 4.74 Å². The summed E-state index contributed by atoms with van der Waals surface area (Å²) >= 11 is 2.00. The van der Waals surface area contributed by atoms with Gasteiger partial charge in [-0.25, -0.2) is 4.79 Å².